The lowest BCUT2D eigenvalue weighted by Crippen LogP contribution is -2.38. The number of imide groups is 1. The van der Waals surface area contributed by atoms with Gasteiger partial charge in [-0.05, 0) is 43.0 Å². The van der Waals surface area contributed by atoms with Gasteiger partial charge >= 0.3 is 6.03 Å². The zero-order chi connectivity index (χ0) is 19.4. The number of amides is 4. The Kier molecular flexibility index (Phi) is 5.76. The minimum Gasteiger partial charge on any atom is -0.326 e. The van der Waals surface area contributed by atoms with E-state index < -0.39 is 18.0 Å². The molecule has 27 heavy (non-hydrogen) atoms. The molecule has 0 radical (unpaired) electrons. The Balaban J connectivity index is 1.58. The third-order valence-corrected chi connectivity index (χ3v) is 4.92. The second-order valence-electron chi connectivity index (χ2n) is 6.41. The Hall–Kier alpha value is -2.86. The molecule has 140 valence electrons. The van der Waals surface area contributed by atoms with Gasteiger partial charge in [0.2, 0.25) is 5.91 Å². The highest BCUT2D eigenvalue weighted by molar-refractivity contribution is 6.31. The molecule has 1 saturated heterocycles. The van der Waals surface area contributed by atoms with Crippen molar-refractivity contribution in [2.45, 2.75) is 25.8 Å². The summed E-state index contributed by atoms with van der Waals surface area (Å²) in [4.78, 5) is 37.8. The molecular weight excluding hydrogens is 366 g/mol. The first kappa shape index (κ1) is 18.9. The van der Waals surface area contributed by atoms with Crippen LogP contribution >= 0.6 is 11.6 Å². The summed E-state index contributed by atoms with van der Waals surface area (Å²) < 4.78 is 0. The molecule has 0 saturated carbocycles. The molecular formula is C20H20ClN3O3. The summed E-state index contributed by atoms with van der Waals surface area (Å²) in [6.45, 7) is 1.45. The van der Waals surface area contributed by atoms with E-state index in [0.29, 0.717) is 23.6 Å². The van der Waals surface area contributed by atoms with Crippen LogP contribution in [-0.4, -0.2) is 35.3 Å². The second-order valence-corrected chi connectivity index (χ2v) is 6.82. The van der Waals surface area contributed by atoms with Gasteiger partial charge in [-0.3, -0.25) is 14.5 Å². The van der Waals surface area contributed by atoms with Crippen LogP contribution in [0.5, 0.6) is 0 Å². The average Bonchev–Trinajstić information content (AvgIpc) is 2.92. The van der Waals surface area contributed by atoms with Crippen molar-refractivity contribution in [3.05, 3.63) is 64.7 Å². The van der Waals surface area contributed by atoms with Gasteiger partial charge in [-0.1, -0.05) is 48.0 Å². The molecule has 1 fully saturated rings. The topological polar surface area (TPSA) is 78.5 Å². The fourth-order valence-electron chi connectivity index (χ4n) is 2.95. The standard InChI is InChI=1S/C20H20ClN3O3/c1-13-15(21)8-5-9-16(13)22-18(25)12-24-19(26)17(23-20(24)27)11-10-14-6-3-2-4-7-14/h2-9,17H,10-12H2,1H3,(H,22,25)(H,23,27)/t17-/m1/s1. The fraction of sp³-hybridized carbons (Fsp3) is 0.250. The Morgan fingerprint density at radius 3 is 2.63 bits per heavy atom. The van der Waals surface area contributed by atoms with E-state index in [-0.39, 0.29) is 12.5 Å². The van der Waals surface area contributed by atoms with E-state index in [1.807, 2.05) is 30.3 Å². The monoisotopic (exact) mass is 385 g/mol. The highest BCUT2D eigenvalue weighted by Gasteiger charge is 2.38. The maximum absolute atomic E-state index is 12.5. The van der Waals surface area contributed by atoms with E-state index in [2.05, 4.69) is 10.6 Å². The third-order valence-electron chi connectivity index (χ3n) is 4.51. The number of aryl methyl sites for hydroxylation is 1. The lowest BCUT2D eigenvalue weighted by atomic mass is 10.1. The number of nitrogens with zero attached hydrogens (tertiary/aromatic N) is 1. The number of carbonyl (C=O) groups excluding carboxylic acids is 3. The van der Waals surface area contributed by atoms with Crippen LogP contribution in [0.1, 0.15) is 17.5 Å². The normalized spacial score (nSPS) is 16.4. The van der Waals surface area contributed by atoms with Crippen LogP contribution < -0.4 is 10.6 Å². The van der Waals surface area contributed by atoms with E-state index >= 15 is 0 Å². The van der Waals surface area contributed by atoms with Crippen LogP contribution in [0.15, 0.2) is 48.5 Å². The van der Waals surface area contributed by atoms with Crippen LogP contribution in [0.25, 0.3) is 0 Å². The van der Waals surface area contributed by atoms with Gasteiger partial charge in [-0.15, -0.1) is 0 Å². The third kappa shape index (κ3) is 4.46. The van der Waals surface area contributed by atoms with Gasteiger partial charge in [-0.25, -0.2) is 4.79 Å². The van der Waals surface area contributed by atoms with Crippen LogP contribution in [0.4, 0.5) is 10.5 Å². The molecule has 0 spiro atoms. The van der Waals surface area contributed by atoms with Gasteiger partial charge in [0.15, 0.2) is 0 Å². The Labute approximate surface area is 162 Å². The first-order valence-corrected chi connectivity index (χ1v) is 9.04. The number of carbonyl (C=O) groups is 3. The summed E-state index contributed by atoms with van der Waals surface area (Å²) in [5.74, 6) is -0.832. The van der Waals surface area contributed by atoms with Crippen LogP contribution in [0.2, 0.25) is 5.02 Å². The number of benzene rings is 2. The van der Waals surface area contributed by atoms with Crippen molar-refractivity contribution in [2.75, 3.05) is 11.9 Å². The van der Waals surface area contributed by atoms with Crippen molar-refractivity contribution in [3.63, 3.8) is 0 Å². The van der Waals surface area contributed by atoms with Crippen molar-refractivity contribution >= 4 is 35.1 Å². The first-order chi connectivity index (χ1) is 13.0. The molecule has 2 aromatic carbocycles. The highest BCUT2D eigenvalue weighted by atomic mass is 35.5. The minimum atomic E-state index is -0.613. The number of hydrogen-bond acceptors (Lipinski definition) is 3. The number of halogens is 1. The quantitative estimate of drug-likeness (QED) is 0.750. The van der Waals surface area contributed by atoms with E-state index in [0.717, 1.165) is 16.0 Å². The molecule has 1 aliphatic rings. The minimum absolute atomic E-state index is 0.335. The summed E-state index contributed by atoms with van der Waals surface area (Å²) in [6, 6.07) is 13.7. The first-order valence-electron chi connectivity index (χ1n) is 8.66. The van der Waals surface area contributed by atoms with Crippen molar-refractivity contribution < 1.29 is 14.4 Å². The molecule has 2 aromatic rings. The van der Waals surface area contributed by atoms with E-state index in [1.165, 1.54) is 0 Å². The number of rotatable bonds is 6. The smallest absolute Gasteiger partial charge is 0.325 e. The molecule has 0 aliphatic carbocycles. The maximum atomic E-state index is 12.5. The summed E-state index contributed by atoms with van der Waals surface area (Å²) in [6.07, 6.45) is 1.15. The van der Waals surface area contributed by atoms with Crippen LogP contribution in [0, 0.1) is 6.92 Å². The zero-order valence-electron chi connectivity index (χ0n) is 14.9. The molecule has 1 heterocycles. The Bertz CT molecular complexity index is 870. The molecule has 7 heteroatoms. The molecule has 1 aliphatic heterocycles. The molecule has 3 rings (SSSR count). The van der Waals surface area contributed by atoms with Crippen molar-refractivity contribution in [2.24, 2.45) is 0 Å². The predicted molar refractivity (Wildman–Crippen MR) is 104 cm³/mol. The fourth-order valence-corrected chi connectivity index (χ4v) is 3.13. The molecule has 2 N–H and O–H groups in total. The van der Waals surface area contributed by atoms with Gasteiger partial charge in [0.1, 0.15) is 12.6 Å². The second kappa shape index (κ2) is 8.22. The molecule has 0 bridgehead atoms. The lowest BCUT2D eigenvalue weighted by molar-refractivity contribution is -0.130. The SMILES string of the molecule is Cc1c(Cl)cccc1NC(=O)CN1C(=O)N[C@H](CCc2ccccc2)C1=O. The highest BCUT2D eigenvalue weighted by Crippen LogP contribution is 2.23. The molecule has 0 unspecified atom stereocenters. The molecule has 0 aromatic heterocycles. The van der Waals surface area contributed by atoms with E-state index in [1.54, 1.807) is 25.1 Å². The van der Waals surface area contributed by atoms with Crippen molar-refractivity contribution in [1.82, 2.24) is 10.2 Å². The average molecular weight is 386 g/mol. The molecule has 6 nitrogen and oxygen atoms in total. The van der Waals surface area contributed by atoms with E-state index in [4.69, 9.17) is 11.6 Å². The number of hydrogen-bond donors (Lipinski definition) is 2. The van der Waals surface area contributed by atoms with Gasteiger partial charge in [0.25, 0.3) is 5.91 Å². The van der Waals surface area contributed by atoms with Gasteiger partial charge < -0.3 is 10.6 Å². The van der Waals surface area contributed by atoms with Crippen molar-refractivity contribution in [3.8, 4) is 0 Å². The summed E-state index contributed by atoms with van der Waals surface area (Å²) >= 11 is 6.04. The summed E-state index contributed by atoms with van der Waals surface area (Å²) in [7, 11) is 0. The largest absolute Gasteiger partial charge is 0.326 e. The zero-order valence-corrected chi connectivity index (χ0v) is 15.6. The van der Waals surface area contributed by atoms with Crippen LogP contribution in [-0.2, 0) is 16.0 Å². The van der Waals surface area contributed by atoms with E-state index in [9.17, 15) is 14.4 Å². The van der Waals surface area contributed by atoms with Crippen LogP contribution in [0.3, 0.4) is 0 Å². The predicted octanol–water partition coefficient (Wildman–Crippen LogP) is 3.14. The number of anilines is 1. The lowest BCUT2D eigenvalue weighted by Gasteiger charge is -2.14. The Morgan fingerprint density at radius 2 is 1.89 bits per heavy atom. The molecule has 4 amide bonds. The summed E-state index contributed by atoms with van der Waals surface area (Å²) in [5, 5.41) is 5.88. The molecule has 1 atom stereocenters. The van der Waals surface area contributed by atoms with Crippen molar-refractivity contribution in [1.29, 1.82) is 0 Å². The maximum Gasteiger partial charge on any atom is 0.325 e. The van der Waals surface area contributed by atoms with Gasteiger partial charge in [-0.2, -0.15) is 0 Å². The summed E-state index contributed by atoms with van der Waals surface area (Å²) in [5.41, 5.74) is 2.37. The number of urea groups is 1. The Morgan fingerprint density at radius 1 is 1.15 bits per heavy atom. The van der Waals surface area contributed by atoms with Gasteiger partial charge in [0.05, 0.1) is 0 Å². The number of nitrogens with one attached hydrogen (secondary N) is 2. The van der Waals surface area contributed by atoms with Gasteiger partial charge in [0, 0.05) is 10.7 Å².